The van der Waals surface area contributed by atoms with Crippen LogP contribution in [0, 0.1) is 0 Å². The van der Waals surface area contributed by atoms with Gasteiger partial charge in [-0.25, -0.2) is 4.98 Å². The number of hydrogen-bond donors (Lipinski definition) is 1. The largest absolute Gasteiger partial charge is 0.395 e. The highest BCUT2D eigenvalue weighted by Crippen LogP contribution is 2.11. The molecule has 0 saturated heterocycles. The van der Waals surface area contributed by atoms with Crippen molar-refractivity contribution in [2.24, 2.45) is 5.16 Å². The Bertz CT molecular complexity index is 349. The molecule has 0 aliphatic heterocycles. The Labute approximate surface area is 91.9 Å². The third kappa shape index (κ3) is 3.67. The number of thiazole rings is 1. The summed E-state index contributed by atoms with van der Waals surface area (Å²) in [6.07, 6.45) is 3.58. The molecule has 1 radical (unpaired) electrons. The summed E-state index contributed by atoms with van der Waals surface area (Å²) in [6, 6.07) is 0. The van der Waals surface area contributed by atoms with Gasteiger partial charge in [-0.05, 0) is 6.42 Å². The van der Waals surface area contributed by atoms with Crippen molar-refractivity contribution in [1.82, 2.24) is 4.98 Å². The van der Waals surface area contributed by atoms with Crippen molar-refractivity contribution in [2.75, 3.05) is 12.3 Å². The minimum Gasteiger partial charge on any atom is -0.395 e. The van der Waals surface area contributed by atoms with Crippen LogP contribution in [0.25, 0.3) is 0 Å². The first-order chi connectivity index (χ1) is 7.27. The average molecular weight is 226 g/mol. The van der Waals surface area contributed by atoms with Gasteiger partial charge < -0.3 is 10.6 Å². The van der Waals surface area contributed by atoms with Crippen LogP contribution in [0.15, 0.2) is 10.5 Å². The molecule has 0 amide bonds. The van der Waals surface area contributed by atoms with Crippen molar-refractivity contribution in [3.05, 3.63) is 11.1 Å². The molecule has 0 spiro atoms. The molecule has 0 aliphatic rings. The minimum atomic E-state index is 0.0547. The molecular formula is C9H12N3O2S. The van der Waals surface area contributed by atoms with Gasteiger partial charge in [0.2, 0.25) is 0 Å². The number of unbranched alkanes of at least 4 members (excludes halogenated alkanes) is 1. The van der Waals surface area contributed by atoms with Gasteiger partial charge in [-0.15, -0.1) is 11.3 Å². The molecule has 2 N–H and O–H groups in total. The van der Waals surface area contributed by atoms with Gasteiger partial charge in [0.25, 0.3) is 6.29 Å². The molecule has 15 heavy (non-hydrogen) atoms. The van der Waals surface area contributed by atoms with Crippen LogP contribution in [0.1, 0.15) is 25.5 Å². The number of nitrogen functional groups attached to an aromatic ring is 1. The summed E-state index contributed by atoms with van der Waals surface area (Å²) < 4.78 is 0. The Morgan fingerprint density at radius 3 is 3.13 bits per heavy atom. The summed E-state index contributed by atoms with van der Waals surface area (Å²) in [4.78, 5) is 19.4. The van der Waals surface area contributed by atoms with Crippen LogP contribution >= 0.6 is 11.3 Å². The third-order valence-corrected chi connectivity index (χ3v) is 2.28. The molecule has 0 bridgehead atoms. The fraction of sp³-hybridized carbons (Fsp3) is 0.444. The second kappa shape index (κ2) is 6.13. The number of oxime groups is 1. The SMILES string of the molecule is CCCCON=C([C]=O)c1csc(N)n1. The minimum absolute atomic E-state index is 0.0547. The lowest BCUT2D eigenvalue weighted by Gasteiger charge is -1.97. The molecular weight excluding hydrogens is 214 g/mol. The third-order valence-electron chi connectivity index (χ3n) is 1.61. The number of carbonyl (C=O) groups excluding carboxylic acids is 1. The van der Waals surface area contributed by atoms with Crippen LogP contribution in [0.3, 0.4) is 0 Å². The van der Waals surface area contributed by atoms with Gasteiger partial charge in [0.05, 0.1) is 0 Å². The van der Waals surface area contributed by atoms with Crippen molar-refractivity contribution in [2.45, 2.75) is 19.8 Å². The van der Waals surface area contributed by atoms with Crippen molar-refractivity contribution in [1.29, 1.82) is 0 Å². The summed E-state index contributed by atoms with van der Waals surface area (Å²) >= 11 is 1.24. The second-order valence-corrected chi connectivity index (χ2v) is 3.69. The summed E-state index contributed by atoms with van der Waals surface area (Å²) in [5, 5.41) is 5.68. The lowest BCUT2D eigenvalue weighted by Crippen LogP contribution is -2.04. The smallest absolute Gasteiger partial charge is 0.259 e. The molecule has 0 atom stereocenters. The number of nitrogens with two attached hydrogens (primary N) is 1. The zero-order valence-electron chi connectivity index (χ0n) is 8.40. The molecule has 6 heteroatoms. The zero-order valence-corrected chi connectivity index (χ0v) is 9.21. The van der Waals surface area contributed by atoms with Gasteiger partial charge in [-0.3, -0.25) is 4.79 Å². The van der Waals surface area contributed by atoms with Crippen LogP contribution < -0.4 is 5.73 Å². The fourth-order valence-corrected chi connectivity index (χ4v) is 1.38. The van der Waals surface area contributed by atoms with Gasteiger partial charge in [0.1, 0.15) is 12.3 Å². The fourth-order valence-electron chi connectivity index (χ4n) is 0.833. The normalized spacial score (nSPS) is 11.4. The molecule has 0 saturated carbocycles. The highest BCUT2D eigenvalue weighted by molar-refractivity contribution is 7.13. The Morgan fingerprint density at radius 2 is 2.60 bits per heavy atom. The maximum atomic E-state index is 10.6. The molecule has 1 rings (SSSR count). The van der Waals surface area contributed by atoms with Crippen LogP contribution in [-0.4, -0.2) is 23.6 Å². The summed E-state index contributed by atoms with van der Waals surface area (Å²) in [5.41, 5.74) is 5.89. The monoisotopic (exact) mass is 226 g/mol. The Hall–Kier alpha value is -1.43. The van der Waals surface area contributed by atoms with Gasteiger partial charge in [-0.1, -0.05) is 18.5 Å². The van der Waals surface area contributed by atoms with Crippen molar-refractivity contribution >= 4 is 28.5 Å². The van der Waals surface area contributed by atoms with E-state index < -0.39 is 0 Å². The number of aromatic nitrogens is 1. The predicted octanol–water partition coefficient (Wildman–Crippen LogP) is 1.36. The number of hydrogen-bond acceptors (Lipinski definition) is 6. The van der Waals surface area contributed by atoms with E-state index in [1.165, 1.54) is 11.3 Å². The lowest BCUT2D eigenvalue weighted by molar-refractivity contribution is 0.142. The van der Waals surface area contributed by atoms with Gasteiger partial charge in [0, 0.05) is 5.38 Å². The quantitative estimate of drug-likeness (QED) is 0.451. The van der Waals surface area contributed by atoms with E-state index in [0.717, 1.165) is 12.8 Å². The van der Waals surface area contributed by atoms with E-state index >= 15 is 0 Å². The number of rotatable bonds is 6. The molecule has 81 valence electrons. The maximum Gasteiger partial charge on any atom is 0.259 e. The van der Waals surface area contributed by atoms with Gasteiger partial charge in [-0.2, -0.15) is 0 Å². The second-order valence-electron chi connectivity index (χ2n) is 2.80. The molecule has 1 aromatic heterocycles. The van der Waals surface area contributed by atoms with Gasteiger partial charge in [0.15, 0.2) is 10.8 Å². The lowest BCUT2D eigenvalue weighted by atomic mass is 10.3. The highest BCUT2D eigenvalue weighted by Gasteiger charge is 2.08. The standard InChI is InChI=1S/C9H12N3O2S/c1-2-3-4-14-12-7(5-13)8-6-15-9(10)11-8/h6H,2-4H2,1H3,(H2,10,11). The summed E-state index contributed by atoms with van der Waals surface area (Å²) in [7, 11) is 0. The molecule has 1 aromatic rings. The first-order valence-corrected chi connectivity index (χ1v) is 5.45. The Morgan fingerprint density at radius 1 is 1.80 bits per heavy atom. The van der Waals surface area contributed by atoms with Crippen LogP contribution in [0.5, 0.6) is 0 Å². The van der Waals surface area contributed by atoms with Gasteiger partial charge >= 0.3 is 0 Å². The van der Waals surface area contributed by atoms with Crippen LogP contribution in [-0.2, 0) is 9.63 Å². The Kier molecular flexibility index (Phi) is 4.76. The molecule has 1 heterocycles. The zero-order chi connectivity index (χ0) is 11.1. The van der Waals surface area contributed by atoms with Crippen LogP contribution in [0.2, 0.25) is 0 Å². The van der Waals surface area contributed by atoms with Crippen molar-refractivity contribution < 1.29 is 9.63 Å². The van der Waals surface area contributed by atoms with E-state index in [9.17, 15) is 4.79 Å². The van der Waals surface area contributed by atoms with E-state index in [4.69, 9.17) is 10.6 Å². The predicted molar refractivity (Wildman–Crippen MR) is 59.6 cm³/mol. The van der Waals surface area contributed by atoms with E-state index in [0.29, 0.717) is 17.4 Å². The highest BCUT2D eigenvalue weighted by atomic mass is 32.1. The summed E-state index contributed by atoms with van der Waals surface area (Å²) in [6.45, 7) is 2.53. The van der Waals surface area contributed by atoms with Crippen molar-refractivity contribution in [3.63, 3.8) is 0 Å². The van der Waals surface area contributed by atoms with E-state index in [1.807, 2.05) is 6.92 Å². The molecule has 5 nitrogen and oxygen atoms in total. The topological polar surface area (TPSA) is 77.6 Å². The maximum absolute atomic E-state index is 10.6. The Balaban J connectivity index is 2.59. The molecule has 0 unspecified atom stereocenters. The first kappa shape index (κ1) is 11.6. The molecule has 0 aromatic carbocycles. The van der Waals surface area contributed by atoms with Crippen molar-refractivity contribution in [3.8, 4) is 0 Å². The first-order valence-electron chi connectivity index (χ1n) is 4.57. The van der Waals surface area contributed by atoms with Crippen LogP contribution in [0.4, 0.5) is 5.13 Å². The molecule has 0 fully saturated rings. The molecule has 0 aliphatic carbocycles. The number of anilines is 1. The van der Waals surface area contributed by atoms with E-state index in [-0.39, 0.29) is 5.71 Å². The average Bonchev–Trinajstić information content (AvgIpc) is 2.65. The van der Waals surface area contributed by atoms with E-state index in [2.05, 4.69) is 10.1 Å². The summed E-state index contributed by atoms with van der Waals surface area (Å²) in [5.74, 6) is 0. The number of nitrogens with zero attached hydrogens (tertiary/aromatic N) is 2. The van der Waals surface area contributed by atoms with E-state index in [1.54, 1.807) is 11.7 Å².